The van der Waals surface area contributed by atoms with Crippen LogP contribution in [0.4, 0.5) is 0 Å². The zero-order chi connectivity index (χ0) is 15.1. The third-order valence-electron chi connectivity index (χ3n) is 3.74. The van der Waals surface area contributed by atoms with Crippen LogP contribution in [-0.2, 0) is 14.8 Å². The molecule has 0 amide bonds. The molecule has 2 atom stereocenters. The smallest absolute Gasteiger partial charge is 0.356 e. The molecule has 0 bridgehead atoms. The minimum absolute atomic E-state index is 0.0180. The van der Waals surface area contributed by atoms with Gasteiger partial charge in [0, 0.05) is 18.6 Å². The van der Waals surface area contributed by atoms with Crippen LogP contribution in [-0.4, -0.2) is 43.7 Å². The third-order valence-corrected chi connectivity index (χ3v) is 6.58. The lowest BCUT2D eigenvalue weighted by Gasteiger charge is -2.50. The van der Waals surface area contributed by atoms with Crippen molar-refractivity contribution in [3.63, 3.8) is 0 Å². The number of nitrogens with zero attached hydrogens (tertiary/aromatic N) is 1. The summed E-state index contributed by atoms with van der Waals surface area (Å²) in [6.45, 7) is 3.81. The highest BCUT2D eigenvalue weighted by Gasteiger charge is 2.50. The van der Waals surface area contributed by atoms with Crippen molar-refractivity contribution in [1.29, 1.82) is 0 Å². The summed E-state index contributed by atoms with van der Waals surface area (Å²) in [6, 6.07) is -0.291. The number of methoxy groups -OCH3 is 1. The first kappa shape index (κ1) is 15.4. The summed E-state index contributed by atoms with van der Waals surface area (Å²) in [5, 5.41) is 8.94. The molecule has 1 aliphatic carbocycles. The molecule has 0 radical (unpaired) electrons. The molecular weight excluding hydrogens is 304 g/mol. The Morgan fingerprint density at radius 2 is 2.25 bits per heavy atom. The van der Waals surface area contributed by atoms with Crippen LogP contribution in [0.1, 0.15) is 30.8 Å². The molecule has 1 fully saturated rings. The summed E-state index contributed by atoms with van der Waals surface area (Å²) in [6.07, 6.45) is 0.542. The summed E-state index contributed by atoms with van der Waals surface area (Å²) in [7, 11) is -2.30. The number of thiazole rings is 1. The van der Waals surface area contributed by atoms with Crippen molar-refractivity contribution in [1.82, 2.24) is 9.71 Å². The van der Waals surface area contributed by atoms with E-state index >= 15 is 0 Å². The van der Waals surface area contributed by atoms with E-state index in [4.69, 9.17) is 9.84 Å². The highest BCUT2D eigenvalue weighted by atomic mass is 32.2. The Kier molecular flexibility index (Phi) is 3.89. The van der Waals surface area contributed by atoms with Crippen molar-refractivity contribution < 1.29 is 23.1 Å². The van der Waals surface area contributed by atoms with Crippen LogP contribution in [0.3, 0.4) is 0 Å². The molecule has 0 aromatic carbocycles. The predicted octanol–water partition coefficient (Wildman–Crippen LogP) is 0.933. The average molecular weight is 320 g/mol. The Hall–Kier alpha value is -1.03. The zero-order valence-electron chi connectivity index (χ0n) is 11.3. The monoisotopic (exact) mass is 320 g/mol. The number of carboxylic acid groups (broad SMARTS) is 1. The maximum absolute atomic E-state index is 12.3. The molecular formula is C11H16N2O5S2. The van der Waals surface area contributed by atoms with Gasteiger partial charge in [0.15, 0.2) is 9.90 Å². The molecule has 9 heteroatoms. The van der Waals surface area contributed by atoms with E-state index in [-0.39, 0.29) is 21.8 Å². The van der Waals surface area contributed by atoms with Gasteiger partial charge >= 0.3 is 5.97 Å². The van der Waals surface area contributed by atoms with Gasteiger partial charge in [-0.2, -0.15) is 0 Å². The molecule has 1 aromatic rings. The molecule has 1 saturated carbocycles. The van der Waals surface area contributed by atoms with E-state index in [9.17, 15) is 13.2 Å². The van der Waals surface area contributed by atoms with Gasteiger partial charge in [0.05, 0.1) is 11.6 Å². The van der Waals surface area contributed by atoms with Gasteiger partial charge in [-0.1, -0.05) is 13.8 Å². The first-order valence-corrected chi connectivity index (χ1v) is 8.28. The largest absolute Gasteiger partial charge is 0.476 e. The van der Waals surface area contributed by atoms with Crippen LogP contribution in [0.2, 0.25) is 0 Å². The molecule has 1 heterocycles. The zero-order valence-corrected chi connectivity index (χ0v) is 12.9. The van der Waals surface area contributed by atoms with Crippen LogP contribution in [0.25, 0.3) is 0 Å². The Labute approximate surface area is 121 Å². The molecule has 2 N–H and O–H groups in total. The number of carboxylic acids is 1. The lowest BCUT2D eigenvalue weighted by Crippen LogP contribution is -2.61. The van der Waals surface area contributed by atoms with Crippen LogP contribution in [0, 0.1) is 5.41 Å². The normalized spacial score (nSPS) is 25.1. The first-order chi connectivity index (χ1) is 9.20. The number of aromatic carboxylic acids is 1. The second-order valence-electron chi connectivity index (χ2n) is 5.25. The van der Waals surface area contributed by atoms with Crippen molar-refractivity contribution in [3.05, 3.63) is 11.2 Å². The number of hydrogen-bond donors (Lipinski definition) is 2. The molecule has 0 aliphatic heterocycles. The van der Waals surface area contributed by atoms with E-state index in [1.54, 1.807) is 7.11 Å². The Balaban J connectivity index is 2.21. The van der Waals surface area contributed by atoms with E-state index in [1.807, 2.05) is 13.8 Å². The summed E-state index contributed by atoms with van der Waals surface area (Å²) < 4.78 is 32.1. The Morgan fingerprint density at radius 1 is 1.60 bits per heavy atom. The van der Waals surface area contributed by atoms with Crippen LogP contribution in [0.15, 0.2) is 9.72 Å². The fourth-order valence-electron chi connectivity index (χ4n) is 2.29. The Bertz CT molecular complexity index is 623. The number of hydrogen-bond acceptors (Lipinski definition) is 6. The van der Waals surface area contributed by atoms with Gasteiger partial charge in [0.2, 0.25) is 0 Å². The van der Waals surface area contributed by atoms with Crippen molar-refractivity contribution in [2.45, 2.75) is 36.6 Å². The van der Waals surface area contributed by atoms with E-state index in [0.717, 1.165) is 11.3 Å². The number of nitrogens with one attached hydrogen (secondary N) is 1. The number of rotatable bonds is 5. The van der Waals surface area contributed by atoms with E-state index < -0.39 is 21.7 Å². The minimum Gasteiger partial charge on any atom is -0.476 e. The van der Waals surface area contributed by atoms with E-state index in [1.165, 1.54) is 5.51 Å². The van der Waals surface area contributed by atoms with Crippen LogP contribution >= 0.6 is 11.3 Å². The van der Waals surface area contributed by atoms with Gasteiger partial charge in [-0.15, -0.1) is 11.3 Å². The number of sulfonamides is 1. The molecule has 1 aromatic heterocycles. The second-order valence-corrected chi connectivity index (χ2v) is 8.01. The Morgan fingerprint density at radius 3 is 2.75 bits per heavy atom. The van der Waals surface area contributed by atoms with Crippen LogP contribution < -0.4 is 4.72 Å². The highest BCUT2D eigenvalue weighted by molar-refractivity contribution is 7.91. The van der Waals surface area contributed by atoms with E-state index in [2.05, 4.69) is 9.71 Å². The van der Waals surface area contributed by atoms with Gasteiger partial charge in [-0.25, -0.2) is 22.9 Å². The predicted molar refractivity (Wildman–Crippen MR) is 72.4 cm³/mol. The van der Waals surface area contributed by atoms with Crippen LogP contribution in [0.5, 0.6) is 0 Å². The average Bonchev–Trinajstić information content (AvgIpc) is 2.84. The minimum atomic E-state index is -3.89. The van der Waals surface area contributed by atoms with Gasteiger partial charge in [-0.3, -0.25) is 0 Å². The SMILES string of the molecule is COC1CC(NS(=O)(=O)c2scnc2C(=O)O)C1(C)C. The molecule has 2 unspecified atom stereocenters. The van der Waals surface area contributed by atoms with Gasteiger partial charge in [-0.05, 0) is 6.42 Å². The van der Waals surface area contributed by atoms with Crippen molar-refractivity contribution in [2.24, 2.45) is 5.41 Å². The molecule has 2 rings (SSSR count). The van der Waals surface area contributed by atoms with Crippen molar-refractivity contribution in [2.75, 3.05) is 7.11 Å². The van der Waals surface area contributed by atoms with E-state index in [0.29, 0.717) is 6.42 Å². The molecule has 0 spiro atoms. The first-order valence-electron chi connectivity index (χ1n) is 5.92. The maximum Gasteiger partial charge on any atom is 0.356 e. The summed E-state index contributed by atoms with van der Waals surface area (Å²) >= 11 is 0.794. The maximum atomic E-state index is 12.3. The lowest BCUT2D eigenvalue weighted by molar-refractivity contribution is -0.0908. The molecule has 7 nitrogen and oxygen atoms in total. The molecule has 0 saturated heterocycles. The van der Waals surface area contributed by atoms with Gasteiger partial charge in [0.1, 0.15) is 0 Å². The van der Waals surface area contributed by atoms with Crippen molar-refractivity contribution in [3.8, 4) is 0 Å². The topological polar surface area (TPSA) is 106 Å². The third kappa shape index (κ3) is 2.46. The summed E-state index contributed by atoms with van der Waals surface area (Å²) in [5.41, 5.74) is 0.431. The van der Waals surface area contributed by atoms with Gasteiger partial charge in [0.25, 0.3) is 10.0 Å². The fourth-order valence-corrected chi connectivity index (χ4v) is 4.86. The quantitative estimate of drug-likeness (QED) is 0.836. The molecule has 20 heavy (non-hydrogen) atoms. The molecule has 112 valence electrons. The highest BCUT2D eigenvalue weighted by Crippen LogP contribution is 2.43. The lowest BCUT2D eigenvalue weighted by atomic mass is 9.65. The second kappa shape index (κ2) is 5.06. The summed E-state index contributed by atoms with van der Waals surface area (Å²) in [5.74, 6) is -1.35. The van der Waals surface area contributed by atoms with Crippen molar-refractivity contribution >= 4 is 27.3 Å². The molecule has 1 aliphatic rings. The summed E-state index contributed by atoms with van der Waals surface area (Å²) in [4.78, 5) is 14.5. The standard InChI is InChI=1S/C11H16N2O5S2/c1-11(2)6(4-7(11)18-3)13-20(16,17)10-8(9(14)15)12-5-19-10/h5-7,13H,4H2,1-3H3,(H,14,15). The number of ether oxygens (including phenoxy) is 1. The van der Waals surface area contributed by atoms with Gasteiger partial charge < -0.3 is 9.84 Å². The number of aromatic nitrogens is 1. The fraction of sp³-hybridized carbons (Fsp3) is 0.636. The number of carbonyl (C=O) groups is 1.